The molecule has 3 rings (SSSR count). The van der Waals surface area contributed by atoms with Crippen LogP contribution in [0.1, 0.15) is 19.4 Å². The number of anilines is 2. The molecule has 1 atom stereocenters. The van der Waals surface area contributed by atoms with Gasteiger partial charge in [0.15, 0.2) is 0 Å². The highest BCUT2D eigenvalue weighted by Crippen LogP contribution is 2.36. The maximum Gasteiger partial charge on any atom is 0.416 e. The topological polar surface area (TPSA) is 75.7 Å². The molecule has 0 bridgehead atoms. The van der Waals surface area contributed by atoms with Crippen LogP contribution in [0.4, 0.5) is 24.5 Å². The highest BCUT2D eigenvalue weighted by Gasteiger charge is 2.31. The van der Waals surface area contributed by atoms with Crippen molar-refractivity contribution in [3.63, 3.8) is 0 Å². The molecule has 28 heavy (non-hydrogen) atoms. The third kappa shape index (κ3) is 4.06. The van der Waals surface area contributed by atoms with Crippen LogP contribution in [-0.2, 0) is 21.0 Å². The smallest absolute Gasteiger partial charge is 0.416 e. The van der Waals surface area contributed by atoms with E-state index in [0.717, 1.165) is 12.1 Å². The molecule has 1 aliphatic rings. The molecular weight excluding hydrogens is 397 g/mol. The number of halogens is 3. The third-order valence-corrected chi connectivity index (χ3v) is 5.50. The summed E-state index contributed by atoms with van der Waals surface area (Å²) in [6, 6.07) is 7.85. The molecule has 150 valence electrons. The molecule has 0 spiro atoms. The third-order valence-electron chi connectivity index (χ3n) is 4.12. The minimum atomic E-state index is -4.59. The Morgan fingerprint density at radius 3 is 2.57 bits per heavy atom. The van der Waals surface area contributed by atoms with Gasteiger partial charge in [0.05, 0.1) is 22.7 Å². The van der Waals surface area contributed by atoms with Crippen molar-refractivity contribution in [2.24, 2.45) is 0 Å². The summed E-state index contributed by atoms with van der Waals surface area (Å²) in [5, 5.41) is 0. The van der Waals surface area contributed by atoms with Gasteiger partial charge in [-0.05, 0) is 37.3 Å². The molecule has 1 N–H and O–H groups in total. The number of nitrogens with one attached hydrogen (secondary N) is 1. The molecule has 0 saturated carbocycles. The fourth-order valence-electron chi connectivity index (χ4n) is 2.86. The number of hydrogen-bond acceptors (Lipinski definition) is 4. The summed E-state index contributed by atoms with van der Waals surface area (Å²) in [6.07, 6.45) is -4.93. The van der Waals surface area contributed by atoms with Crippen LogP contribution in [0.25, 0.3) is 0 Å². The molecule has 0 aromatic heterocycles. The highest BCUT2D eigenvalue weighted by molar-refractivity contribution is 7.92. The van der Waals surface area contributed by atoms with Crippen LogP contribution in [0, 0.1) is 0 Å². The molecule has 6 nitrogen and oxygen atoms in total. The SMILES string of the molecule is CC(=O)N1CC(C)Oc2cc(S(=O)(=O)Nc3cccc(C(F)(F)F)c3)ccc21. The quantitative estimate of drug-likeness (QED) is 0.832. The lowest BCUT2D eigenvalue weighted by atomic mass is 10.2. The summed E-state index contributed by atoms with van der Waals surface area (Å²) in [4.78, 5) is 13.1. The Morgan fingerprint density at radius 1 is 1.21 bits per heavy atom. The average Bonchev–Trinajstić information content (AvgIpc) is 2.59. The standard InChI is InChI=1S/C18H17F3N2O4S/c1-11-10-23(12(2)24)16-7-6-15(9-17(16)27-11)28(25,26)22-14-5-3-4-13(8-14)18(19,20)21/h3-9,11,22H,10H2,1-2H3. The number of nitrogens with zero attached hydrogens (tertiary/aromatic N) is 1. The van der Waals surface area contributed by atoms with E-state index in [1.54, 1.807) is 6.92 Å². The van der Waals surface area contributed by atoms with Crippen molar-refractivity contribution in [3.05, 3.63) is 48.0 Å². The minimum absolute atomic E-state index is 0.193. The lowest BCUT2D eigenvalue weighted by molar-refractivity contribution is -0.137. The van der Waals surface area contributed by atoms with Gasteiger partial charge in [-0.3, -0.25) is 9.52 Å². The van der Waals surface area contributed by atoms with E-state index in [4.69, 9.17) is 4.74 Å². The molecule has 1 aliphatic heterocycles. The number of sulfonamides is 1. The van der Waals surface area contributed by atoms with Crippen LogP contribution in [0.3, 0.4) is 0 Å². The van der Waals surface area contributed by atoms with Crippen LogP contribution in [-0.4, -0.2) is 27.0 Å². The number of rotatable bonds is 3. The molecule has 2 aromatic carbocycles. The lowest BCUT2D eigenvalue weighted by Crippen LogP contribution is -2.41. The van der Waals surface area contributed by atoms with Crippen molar-refractivity contribution in [1.29, 1.82) is 0 Å². The van der Waals surface area contributed by atoms with Gasteiger partial charge in [0.2, 0.25) is 5.91 Å². The van der Waals surface area contributed by atoms with Crippen molar-refractivity contribution < 1.29 is 31.1 Å². The second kappa shape index (κ2) is 7.01. The van der Waals surface area contributed by atoms with E-state index in [9.17, 15) is 26.4 Å². The second-order valence-electron chi connectivity index (χ2n) is 6.37. The first kappa shape index (κ1) is 20.0. The zero-order valence-electron chi connectivity index (χ0n) is 14.9. The molecule has 10 heteroatoms. The largest absolute Gasteiger partial charge is 0.487 e. The van der Waals surface area contributed by atoms with Gasteiger partial charge in [0.25, 0.3) is 10.0 Å². The van der Waals surface area contributed by atoms with Crippen LogP contribution in [0.2, 0.25) is 0 Å². The summed E-state index contributed by atoms with van der Waals surface area (Å²) in [5.41, 5.74) is -0.747. The molecule has 1 amide bonds. The maximum absolute atomic E-state index is 12.8. The summed E-state index contributed by atoms with van der Waals surface area (Å²) >= 11 is 0. The number of amides is 1. The molecule has 1 unspecified atom stereocenters. The zero-order valence-corrected chi connectivity index (χ0v) is 15.8. The number of alkyl halides is 3. The number of carbonyl (C=O) groups is 1. The average molecular weight is 414 g/mol. The fraction of sp³-hybridized carbons (Fsp3) is 0.278. The van der Waals surface area contributed by atoms with Crippen LogP contribution >= 0.6 is 0 Å². The van der Waals surface area contributed by atoms with Gasteiger partial charge in [-0.1, -0.05) is 6.07 Å². The van der Waals surface area contributed by atoms with E-state index in [-0.39, 0.29) is 28.3 Å². The van der Waals surface area contributed by atoms with Crippen LogP contribution < -0.4 is 14.4 Å². The molecule has 0 fully saturated rings. The summed E-state index contributed by atoms with van der Waals surface area (Å²) in [6.45, 7) is 3.46. The fourth-order valence-corrected chi connectivity index (χ4v) is 3.92. The predicted octanol–water partition coefficient (Wildman–Crippen LogP) is 3.64. The van der Waals surface area contributed by atoms with Gasteiger partial charge in [0.1, 0.15) is 11.9 Å². The second-order valence-corrected chi connectivity index (χ2v) is 8.05. The summed E-state index contributed by atoms with van der Waals surface area (Å²) < 4.78 is 71.5. The van der Waals surface area contributed by atoms with E-state index >= 15 is 0 Å². The van der Waals surface area contributed by atoms with Gasteiger partial charge in [-0.2, -0.15) is 13.2 Å². The number of hydrogen-bond donors (Lipinski definition) is 1. The van der Waals surface area contributed by atoms with Crippen LogP contribution in [0.5, 0.6) is 5.75 Å². The first-order valence-corrected chi connectivity index (χ1v) is 9.74. The van der Waals surface area contributed by atoms with Crippen molar-refractivity contribution in [2.75, 3.05) is 16.2 Å². The summed E-state index contributed by atoms with van der Waals surface area (Å²) in [7, 11) is -4.17. The highest BCUT2D eigenvalue weighted by atomic mass is 32.2. The van der Waals surface area contributed by atoms with Crippen molar-refractivity contribution in [3.8, 4) is 5.75 Å². The first-order chi connectivity index (χ1) is 13.0. The Kier molecular flexibility index (Phi) is 5.00. The van der Waals surface area contributed by atoms with Gasteiger partial charge in [0, 0.05) is 18.7 Å². The van der Waals surface area contributed by atoms with E-state index in [1.807, 2.05) is 0 Å². The monoisotopic (exact) mass is 414 g/mol. The van der Waals surface area contributed by atoms with Gasteiger partial charge < -0.3 is 9.64 Å². The van der Waals surface area contributed by atoms with E-state index in [2.05, 4.69) is 4.72 Å². The Hall–Kier alpha value is -2.75. The van der Waals surface area contributed by atoms with E-state index in [1.165, 1.54) is 36.1 Å². The predicted molar refractivity (Wildman–Crippen MR) is 96.8 cm³/mol. The van der Waals surface area contributed by atoms with Crippen LogP contribution in [0.15, 0.2) is 47.4 Å². The van der Waals surface area contributed by atoms with Gasteiger partial charge >= 0.3 is 6.18 Å². The number of benzene rings is 2. The summed E-state index contributed by atoms with van der Waals surface area (Å²) in [5.74, 6) is -0.00466. The molecule has 0 saturated heterocycles. The van der Waals surface area contributed by atoms with Crippen molar-refractivity contribution in [2.45, 2.75) is 31.0 Å². The Bertz CT molecular complexity index is 1020. The van der Waals surface area contributed by atoms with Gasteiger partial charge in [-0.15, -0.1) is 0 Å². The number of carbonyl (C=O) groups excluding carboxylic acids is 1. The maximum atomic E-state index is 12.8. The normalized spacial score (nSPS) is 16.9. The van der Waals surface area contributed by atoms with E-state index in [0.29, 0.717) is 18.3 Å². The first-order valence-electron chi connectivity index (χ1n) is 8.26. The van der Waals surface area contributed by atoms with Gasteiger partial charge in [-0.25, -0.2) is 8.42 Å². The zero-order chi connectivity index (χ0) is 20.7. The minimum Gasteiger partial charge on any atom is -0.487 e. The molecule has 0 aliphatic carbocycles. The molecular formula is C18H17F3N2O4S. The number of fused-ring (bicyclic) bond motifs is 1. The Morgan fingerprint density at radius 2 is 1.93 bits per heavy atom. The van der Waals surface area contributed by atoms with Crippen molar-refractivity contribution >= 4 is 27.3 Å². The van der Waals surface area contributed by atoms with Crippen molar-refractivity contribution in [1.82, 2.24) is 0 Å². The molecule has 1 heterocycles. The number of ether oxygens (including phenoxy) is 1. The Balaban J connectivity index is 1.93. The Labute approximate surface area is 160 Å². The van der Waals surface area contributed by atoms with E-state index < -0.39 is 21.8 Å². The molecule has 2 aromatic rings. The lowest BCUT2D eigenvalue weighted by Gasteiger charge is -2.33. The molecule has 0 radical (unpaired) electrons.